The van der Waals surface area contributed by atoms with Crippen molar-refractivity contribution in [1.82, 2.24) is 9.78 Å². The zero-order chi connectivity index (χ0) is 14.2. The van der Waals surface area contributed by atoms with Gasteiger partial charge in [0.05, 0.1) is 16.8 Å². The maximum absolute atomic E-state index is 13.8. The molecule has 0 fully saturated rings. The summed E-state index contributed by atoms with van der Waals surface area (Å²) in [5, 5.41) is 4.26. The van der Waals surface area contributed by atoms with Crippen LogP contribution in [0.5, 0.6) is 0 Å². The molecule has 0 saturated heterocycles. The predicted molar refractivity (Wildman–Crippen MR) is 75.2 cm³/mol. The van der Waals surface area contributed by atoms with Gasteiger partial charge in [-0.3, -0.25) is 9.48 Å². The summed E-state index contributed by atoms with van der Waals surface area (Å²) in [6.07, 6.45) is 1.39. The largest absolute Gasteiger partial charge is 0.287 e. The first-order valence-electron chi connectivity index (χ1n) is 5.64. The molecule has 100 valence electrons. The van der Waals surface area contributed by atoms with Gasteiger partial charge in [0.15, 0.2) is 0 Å². The lowest BCUT2D eigenvalue weighted by atomic mass is 10.1. The smallest absolute Gasteiger partial charge is 0.215 e. The molecule has 0 unspecified atom stereocenters. The monoisotopic (exact) mass is 344 g/mol. The second kappa shape index (κ2) is 5.43. The fourth-order valence-corrected chi connectivity index (χ4v) is 2.30. The molecule has 1 aromatic carbocycles. The van der Waals surface area contributed by atoms with Gasteiger partial charge >= 0.3 is 0 Å². The molecule has 0 atom stereocenters. The summed E-state index contributed by atoms with van der Waals surface area (Å²) >= 11 is 9.13. The fraction of sp³-hybridized carbons (Fsp3) is 0.231. The van der Waals surface area contributed by atoms with Gasteiger partial charge in [0, 0.05) is 10.5 Å². The van der Waals surface area contributed by atoms with Crippen molar-refractivity contribution in [2.45, 2.75) is 19.9 Å². The van der Waals surface area contributed by atoms with Gasteiger partial charge in [-0.15, -0.1) is 0 Å². The van der Waals surface area contributed by atoms with Gasteiger partial charge < -0.3 is 0 Å². The van der Waals surface area contributed by atoms with Crippen LogP contribution in [0, 0.1) is 5.82 Å². The molecule has 19 heavy (non-hydrogen) atoms. The number of aromatic nitrogens is 2. The summed E-state index contributed by atoms with van der Waals surface area (Å²) in [4.78, 5) is 12.4. The third-order valence-electron chi connectivity index (χ3n) is 2.63. The van der Waals surface area contributed by atoms with E-state index in [1.165, 1.54) is 23.0 Å². The van der Waals surface area contributed by atoms with Gasteiger partial charge in [0.2, 0.25) is 5.78 Å². The molecule has 6 heteroatoms. The molecule has 0 aliphatic rings. The van der Waals surface area contributed by atoms with Gasteiger partial charge in [0.1, 0.15) is 11.5 Å². The van der Waals surface area contributed by atoms with Crippen molar-refractivity contribution in [3.63, 3.8) is 0 Å². The Morgan fingerprint density at radius 1 is 1.47 bits per heavy atom. The highest BCUT2D eigenvalue weighted by molar-refractivity contribution is 9.10. The van der Waals surface area contributed by atoms with E-state index in [4.69, 9.17) is 11.6 Å². The number of carbonyl (C=O) groups is 1. The first-order chi connectivity index (χ1) is 8.91. The standard InChI is InChI=1S/C13H11BrClFN2O/c1-7(2)18-12(10(15)6-17-18)13(19)9-4-3-8(14)5-11(9)16/h3-7H,1-2H3. The van der Waals surface area contributed by atoms with Crippen molar-refractivity contribution in [1.29, 1.82) is 0 Å². The molecule has 0 amide bonds. The van der Waals surface area contributed by atoms with E-state index in [1.807, 2.05) is 13.8 Å². The van der Waals surface area contributed by atoms with Crippen LogP contribution in [0.2, 0.25) is 5.02 Å². The zero-order valence-corrected chi connectivity index (χ0v) is 12.7. The number of hydrogen-bond acceptors (Lipinski definition) is 2. The lowest BCUT2D eigenvalue weighted by Gasteiger charge is -2.11. The molecule has 1 heterocycles. The van der Waals surface area contributed by atoms with Crippen LogP contribution in [-0.2, 0) is 0 Å². The van der Waals surface area contributed by atoms with Gasteiger partial charge in [-0.2, -0.15) is 5.10 Å². The SMILES string of the molecule is CC(C)n1ncc(Cl)c1C(=O)c1ccc(Br)cc1F. The number of nitrogens with zero attached hydrogens (tertiary/aromatic N) is 2. The normalized spacial score (nSPS) is 11.1. The fourth-order valence-electron chi connectivity index (χ4n) is 1.75. The Kier molecular flexibility index (Phi) is 4.06. The van der Waals surface area contributed by atoms with Gasteiger partial charge in [-0.25, -0.2) is 4.39 Å². The molecule has 0 aliphatic carbocycles. The van der Waals surface area contributed by atoms with E-state index in [0.29, 0.717) is 4.47 Å². The lowest BCUT2D eigenvalue weighted by molar-refractivity contribution is 0.102. The van der Waals surface area contributed by atoms with E-state index in [1.54, 1.807) is 6.07 Å². The molecular formula is C13H11BrClFN2O. The van der Waals surface area contributed by atoms with Crippen LogP contribution in [0.15, 0.2) is 28.9 Å². The van der Waals surface area contributed by atoms with Crippen LogP contribution in [0.25, 0.3) is 0 Å². The van der Waals surface area contributed by atoms with Gasteiger partial charge in [-0.1, -0.05) is 27.5 Å². The molecule has 0 aliphatic heterocycles. The molecule has 0 N–H and O–H groups in total. The molecule has 3 nitrogen and oxygen atoms in total. The van der Waals surface area contributed by atoms with Crippen LogP contribution in [0.1, 0.15) is 35.9 Å². The molecule has 0 bridgehead atoms. The number of benzene rings is 1. The maximum Gasteiger partial charge on any atom is 0.215 e. The van der Waals surface area contributed by atoms with Crippen LogP contribution in [-0.4, -0.2) is 15.6 Å². The highest BCUT2D eigenvalue weighted by Gasteiger charge is 2.23. The number of carbonyl (C=O) groups excluding carboxylic acids is 1. The van der Waals surface area contributed by atoms with E-state index >= 15 is 0 Å². The van der Waals surface area contributed by atoms with Crippen molar-refractivity contribution in [2.24, 2.45) is 0 Å². The molecule has 2 aromatic rings. The lowest BCUT2D eigenvalue weighted by Crippen LogP contribution is -2.15. The zero-order valence-electron chi connectivity index (χ0n) is 10.3. The quantitative estimate of drug-likeness (QED) is 0.780. The topological polar surface area (TPSA) is 34.9 Å². The number of rotatable bonds is 3. The van der Waals surface area contributed by atoms with Crippen molar-refractivity contribution in [2.75, 3.05) is 0 Å². The van der Waals surface area contributed by atoms with Crippen molar-refractivity contribution in [3.8, 4) is 0 Å². The summed E-state index contributed by atoms with van der Waals surface area (Å²) in [5.74, 6) is -1.06. The Labute approximate surface area is 123 Å². The highest BCUT2D eigenvalue weighted by Crippen LogP contribution is 2.24. The van der Waals surface area contributed by atoms with Crippen molar-refractivity contribution < 1.29 is 9.18 Å². The number of halogens is 3. The maximum atomic E-state index is 13.8. The molecule has 0 spiro atoms. The second-order valence-corrected chi connectivity index (χ2v) is 5.66. The third-order valence-corrected chi connectivity index (χ3v) is 3.40. The number of hydrogen-bond donors (Lipinski definition) is 0. The average Bonchev–Trinajstić information content (AvgIpc) is 2.70. The minimum atomic E-state index is -0.591. The average molecular weight is 346 g/mol. The summed E-state index contributed by atoms with van der Waals surface area (Å²) in [6.45, 7) is 3.75. The number of ketones is 1. The Morgan fingerprint density at radius 3 is 2.74 bits per heavy atom. The minimum absolute atomic E-state index is 0.0208. The Hall–Kier alpha value is -1.20. The predicted octanol–water partition coefficient (Wildman–Crippen LogP) is 4.25. The summed E-state index contributed by atoms with van der Waals surface area (Å²) in [5.41, 5.74) is 0.186. The van der Waals surface area contributed by atoms with Crippen LogP contribution >= 0.6 is 27.5 Å². The van der Waals surface area contributed by atoms with Gasteiger partial charge in [0.25, 0.3) is 0 Å². The molecular weight excluding hydrogens is 335 g/mol. The van der Waals surface area contributed by atoms with E-state index < -0.39 is 11.6 Å². The molecule has 0 saturated carbocycles. The van der Waals surface area contributed by atoms with Crippen molar-refractivity contribution in [3.05, 3.63) is 51.0 Å². The molecule has 1 aromatic heterocycles. The van der Waals surface area contributed by atoms with Crippen molar-refractivity contribution >= 4 is 33.3 Å². The Morgan fingerprint density at radius 2 is 2.16 bits per heavy atom. The summed E-state index contributed by atoms with van der Waals surface area (Å²) in [6, 6.07) is 4.25. The van der Waals surface area contributed by atoms with Gasteiger partial charge in [-0.05, 0) is 32.0 Å². The van der Waals surface area contributed by atoms with E-state index in [2.05, 4.69) is 21.0 Å². The summed E-state index contributed by atoms with van der Waals surface area (Å²) < 4.78 is 15.9. The van der Waals surface area contributed by atoms with E-state index in [-0.39, 0.29) is 22.3 Å². The van der Waals surface area contributed by atoms with Crippen LogP contribution in [0.3, 0.4) is 0 Å². The van der Waals surface area contributed by atoms with Crippen LogP contribution in [0.4, 0.5) is 4.39 Å². The first kappa shape index (κ1) is 14.2. The Balaban J connectivity index is 2.53. The second-order valence-electron chi connectivity index (χ2n) is 4.33. The summed E-state index contributed by atoms with van der Waals surface area (Å²) in [7, 11) is 0. The molecule has 0 radical (unpaired) electrons. The third kappa shape index (κ3) is 2.72. The molecule has 2 rings (SSSR count). The van der Waals surface area contributed by atoms with Crippen LogP contribution < -0.4 is 0 Å². The van der Waals surface area contributed by atoms with E-state index in [0.717, 1.165) is 0 Å². The minimum Gasteiger partial charge on any atom is -0.287 e. The first-order valence-corrected chi connectivity index (χ1v) is 6.81. The Bertz CT molecular complexity index is 640. The highest BCUT2D eigenvalue weighted by atomic mass is 79.9. The van der Waals surface area contributed by atoms with E-state index in [9.17, 15) is 9.18 Å².